The molecule has 2 aliphatic heterocycles. The van der Waals surface area contributed by atoms with Crippen LogP contribution in [0, 0.1) is 5.41 Å². The Labute approximate surface area is 132 Å². The Balaban J connectivity index is 1.66. The Kier molecular flexibility index (Phi) is 4.23. The smallest absolute Gasteiger partial charge is 0.317 e. The Morgan fingerprint density at radius 2 is 2.14 bits per heavy atom. The Morgan fingerprint density at radius 3 is 2.86 bits per heavy atom. The highest BCUT2D eigenvalue weighted by atomic mass is 16.2. The maximum atomic E-state index is 12.2. The fraction of sp³-hybridized carbons (Fsp3) is 0.647. The van der Waals surface area contributed by atoms with Gasteiger partial charge in [-0.2, -0.15) is 0 Å². The minimum Gasteiger partial charge on any atom is -0.356 e. The summed E-state index contributed by atoms with van der Waals surface area (Å²) >= 11 is 0. The van der Waals surface area contributed by atoms with Crippen LogP contribution in [-0.2, 0) is 0 Å². The zero-order valence-corrected chi connectivity index (χ0v) is 13.6. The van der Waals surface area contributed by atoms with E-state index in [1.54, 1.807) is 0 Å². The topological polar surface area (TPSA) is 48.5 Å². The number of rotatable bonds is 2. The van der Waals surface area contributed by atoms with Crippen molar-refractivity contribution in [2.45, 2.75) is 39.2 Å². The molecule has 3 rings (SSSR count). The maximum Gasteiger partial charge on any atom is 0.317 e. The van der Waals surface area contributed by atoms with Crippen LogP contribution in [0.4, 0.5) is 10.6 Å². The lowest BCUT2D eigenvalue weighted by Crippen LogP contribution is -2.47. The summed E-state index contributed by atoms with van der Waals surface area (Å²) in [6, 6.07) is 6.36. The third kappa shape index (κ3) is 3.18. The highest BCUT2D eigenvalue weighted by Gasteiger charge is 2.43. The monoisotopic (exact) mass is 302 g/mol. The molecule has 1 aromatic heterocycles. The van der Waals surface area contributed by atoms with Crippen LogP contribution < -0.4 is 10.2 Å². The van der Waals surface area contributed by atoms with Crippen LogP contribution in [0.1, 0.15) is 33.1 Å². The van der Waals surface area contributed by atoms with E-state index < -0.39 is 0 Å². The Hall–Kier alpha value is -1.78. The molecule has 0 aliphatic carbocycles. The van der Waals surface area contributed by atoms with E-state index in [-0.39, 0.29) is 17.5 Å². The van der Waals surface area contributed by atoms with Gasteiger partial charge in [0.15, 0.2) is 0 Å². The number of pyridine rings is 1. The lowest BCUT2D eigenvalue weighted by molar-refractivity contribution is 0.190. The number of likely N-dealkylation sites (tertiary alicyclic amines) is 1. The molecule has 0 radical (unpaired) electrons. The molecule has 1 aromatic rings. The lowest BCUT2D eigenvalue weighted by Gasteiger charge is -2.41. The first-order valence-corrected chi connectivity index (χ1v) is 8.29. The molecule has 2 amide bonds. The van der Waals surface area contributed by atoms with Crippen molar-refractivity contribution in [1.29, 1.82) is 0 Å². The molecule has 2 aliphatic rings. The van der Waals surface area contributed by atoms with Crippen molar-refractivity contribution in [3.8, 4) is 0 Å². The standard InChI is InChI=1S/C17H26N4O/c1-14(2)19-16(22)21-11-8-17(13-21)7-5-10-20(12-17)15-6-3-4-9-18-15/h3-4,6,9,14H,5,7-8,10-13H2,1-2H3,(H,19,22)/t17-/m0/s1. The molecule has 2 saturated heterocycles. The molecule has 5 heteroatoms. The van der Waals surface area contributed by atoms with Crippen molar-refractivity contribution < 1.29 is 4.79 Å². The molecule has 0 saturated carbocycles. The highest BCUT2D eigenvalue weighted by Crippen LogP contribution is 2.39. The van der Waals surface area contributed by atoms with Crippen LogP contribution in [0.3, 0.4) is 0 Å². The van der Waals surface area contributed by atoms with Crippen molar-refractivity contribution in [3.05, 3.63) is 24.4 Å². The third-order valence-electron chi connectivity index (χ3n) is 4.77. The van der Waals surface area contributed by atoms with Gasteiger partial charge < -0.3 is 15.1 Å². The fourth-order valence-corrected chi connectivity index (χ4v) is 3.72. The zero-order chi connectivity index (χ0) is 15.6. The van der Waals surface area contributed by atoms with Gasteiger partial charge in [-0.25, -0.2) is 9.78 Å². The number of hydrogen-bond donors (Lipinski definition) is 1. The zero-order valence-electron chi connectivity index (χ0n) is 13.6. The fourth-order valence-electron chi connectivity index (χ4n) is 3.72. The second-order valence-corrected chi connectivity index (χ2v) is 6.99. The third-order valence-corrected chi connectivity index (χ3v) is 4.77. The number of urea groups is 1. The Morgan fingerprint density at radius 1 is 1.27 bits per heavy atom. The summed E-state index contributed by atoms with van der Waals surface area (Å²) in [5, 5.41) is 3.01. The predicted octanol–water partition coefficient (Wildman–Crippen LogP) is 2.49. The van der Waals surface area contributed by atoms with E-state index in [2.05, 4.69) is 21.3 Å². The molecule has 22 heavy (non-hydrogen) atoms. The second-order valence-electron chi connectivity index (χ2n) is 6.99. The predicted molar refractivity (Wildman–Crippen MR) is 88.0 cm³/mol. The van der Waals surface area contributed by atoms with Crippen LogP contribution in [0.15, 0.2) is 24.4 Å². The Bertz CT molecular complexity index is 519. The summed E-state index contributed by atoms with van der Waals surface area (Å²) in [5.74, 6) is 1.06. The number of aromatic nitrogens is 1. The van der Waals surface area contributed by atoms with Crippen LogP contribution in [0.5, 0.6) is 0 Å². The first kappa shape index (κ1) is 15.1. The second kappa shape index (κ2) is 6.15. The minimum absolute atomic E-state index is 0.0850. The first-order chi connectivity index (χ1) is 10.6. The van der Waals surface area contributed by atoms with Crippen LogP contribution in [0.25, 0.3) is 0 Å². The summed E-state index contributed by atoms with van der Waals surface area (Å²) in [6.07, 6.45) is 5.34. The van der Waals surface area contributed by atoms with Gasteiger partial charge in [0.25, 0.3) is 0 Å². The van der Waals surface area contributed by atoms with Gasteiger partial charge in [-0.05, 0) is 45.2 Å². The van der Waals surface area contributed by atoms with Gasteiger partial charge in [-0.15, -0.1) is 0 Å². The minimum atomic E-state index is 0.0850. The van der Waals surface area contributed by atoms with Crippen molar-refractivity contribution in [2.24, 2.45) is 5.41 Å². The SMILES string of the molecule is CC(C)NC(=O)N1CC[C@]2(CCCN(c3ccccn3)C2)C1. The largest absolute Gasteiger partial charge is 0.356 e. The number of carbonyl (C=O) groups excluding carboxylic acids is 1. The summed E-state index contributed by atoms with van der Waals surface area (Å²) in [4.78, 5) is 21.1. The number of amides is 2. The van der Waals surface area contributed by atoms with Gasteiger partial charge in [0, 0.05) is 43.8 Å². The molecule has 1 spiro atoms. The highest BCUT2D eigenvalue weighted by molar-refractivity contribution is 5.74. The summed E-state index contributed by atoms with van der Waals surface area (Å²) < 4.78 is 0. The lowest BCUT2D eigenvalue weighted by atomic mass is 9.79. The molecule has 2 fully saturated rings. The van der Waals surface area contributed by atoms with E-state index in [1.807, 2.05) is 37.1 Å². The summed E-state index contributed by atoms with van der Waals surface area (Å²) in [5.41, 5.74) is 0.240. The van der Waals surface area contributed by atoms with Gasteiger partial charge in [0.2, 0.25) is 0 Å². The average molecular weight is 302 g/mol. The van der Waals surface area contributed by atoms with Crippen molar-refractivity contribution in [3.63, 3.8) is 0 Å². The maximum absolute atomic E-state index is 12.2. The van der Waals surface area contributed by atoms with E-state index in [4.69, 9.17) is 0 Å². The summed E-state index contributed by atoms with van der Waals surface area (Å²) in [6.45, 7) is 7.83. The molecule has 0 unspecified atom stereocenters. The van der Waals surface area contributed by atoms with Gasteiger partial charge in [-0.3, -0.25) is 0 Å². The number of nitrogens with zero attached hydrogens (tertiary/aromatic N) is 3. The van der Waals surface area contributed by atoms with Crippen LogP contribution in [-0.4, -0.2) is 48.1 Å². The molecule has 1 N–H and O–H groups in total. The normalized spacial score (nSPS) is 25.0. The molecule has 120 valence electrons. The molecule has 5 nitrogen and oxygen atoms in total. The van der Waals surface area contributed by atoms with E-state index in [9.17, 15) is 4.79 Å². The van der Waals surface area contributed by atoms with E-state index >= 15 is 0 Å². The van der Waals surface area contributed by atoms with E-state index in [0.29, 0.717) is 0 Å². The van der Waals surface area contributed by atoms with Gasteiger partial charge in [-0.1, -0.05) is 6.07 Å². The van der Waals surface area contributed by atoms with E-state index in [0.717, 1.165) is 38.4 Å². The van der Waals surface area contributed by atoms with Crippen LogP contribution >= 0.6 is 0 Å². The molecule has 0 aromatic carbocycles. The van der Waals surface area contributed by atoms with Crippen LogP contribution in [0.2, 0.25) is 0 Å². The average Bonchev–Trinajstić information content (AvgIpc) is 2.91. The number of piperidine rings is 1. The van der Waals surface area contributed by atoms with E-state index in [1.165, 1.54) is 12.8 Å². The molecular weight excluding hydrogens is 276 g/mol. The number of carbonyl (C=O) groups is 1. The molecule has 1 atom stereocenters. The number of hydrogen-bond acceptors (Lipinski definition) is 3. The summed E-state index contributed by atoms with van der Waals surface area (Å²) in [7, 11) is 0. The van der Waals surface area contributed by atoms with Gasteiger partial charge >= 0.3 is 6.03 Å². The molecule has 0 bridgehead atoms. The molecule has 3 heterocycles. The molecular formula is C17H26N4O. The van der Waals surface area contributed by atoms with Crippen molar-refractivity contribution >= 4 is 11.8 Å². The number of nitrogens with one attached hydrogen (secondary N) is 1. The number of anilines is 1. The first-order valence-electron chi connectivity index (χ1n) is 8.29. The van der Waals surface area contributed by atoms with Gasteiger partial charge in [0.05, 0.1) is 0 Å². The quantitative estimate of drug-likeness (QED) is 0.913. The van der Waals surface area contributed by atoms with Crippen molar-refractivity contribution in [2.75, 3.05) is 31.1 Å². The van der Waals surface area contributed by atoms with Gasteiger partial charge in [0.1, 0.15) is 5.82 Å². The van der Waals surface area contributed by atoms with Crippen molar-refractivity contribution in [1.82, 2.24) is 15.2 Å².